The van der Waals surface area contributed by atoms with Gasteiger partial charge in [-0.25, -0.2) is 4.98 Å². The fourth-order valence-corrected chi connectivity index (χ4v) is 5.06. The zero-order chi connectivity index (χ0) is 23.8. The lowest BCUT2D eigenvalue weighted by molar-refractivity contribution is 0.0204. The summed E-state index contributed by atoms with van der Waals surface area (Å²) in [5.41, 5.74) is 7.04. The predicted molar refractivity (Wildman–Crippen MR) is 134 cm³/mol. The Hall–Kier alpha value is -2.87. The minimum atomic E-state index is 0.364. The summed E-state index contributed by atoms with van der Waals surface area (Å²) in [4.78, 5) is 11.0. The van der Waals surface area contributed by atoms with Gasteiger partial charge >= 0.3 is 0 Å². The van der Waals surface area contributed by atoms with E-state index in [4.69, 9.17) is 30.6 Å². The van der Waals surface area contributed by atoms with Gasteiger partial charge in [-0.05, 0) is 68.7 Å². The molecule has 1 N–H and O–H groups in total. The van der Waals surface area contributed by atoms with E-state index in [9.17, 15) is 0 Å². The lowest BCUT2D eigenvalue weighted by Gasteiger charge is -2.32. The first kappa shape index (κ1) is 22.9. The zero-order valence-corrected chi connectivity index (χ0v) is 20.7. The number of aromatic nitrogens is 3. The van der Waals surface area contributed by atoms with Crippen LogP contribution in [0.1, 0.15) is 23.9 Å². The highest BCUT2D eigenvalue weighted by molar-refractivity contribution is 6.32. The molecule has 0 bridgehead atoms. The first-order chi connectivity index (χ1) is 16.4. The monoisotopic (exact) mass is 480 g/mol. The standard InChI is InChI=1S/C26H29ClN4O3/c1-15(31-7-9-33-10-8-31)11-20-12-19(24-16(2)30-34-17(24)3)14-22-25(20)29-26(28-22)18-5-6-23(32-4)21(27)13-18/h5-6,12-15H,7-11H2,1-4H3,(H,28,29)/t15-/m0/s1. The smallest absolute Gasteiger partial charge is 0.141 e. The van der Waals surface area contributed by atoms with Gasteiger partial charge in [-0.15, -0.1) is 0 Å². The Balaban J connectivity index is 1.60. The summed E-state index contributed by atoms with van der Waals surface area (Å²) < 4.78 is 16.3. The average molecular weight is 481 g/mol. The van der Waals surface area contributed by atoms with E-state index in [1.165, 1.54) is 5.56 Å². The summed E-state index contributed by atoms with van der Waals surface area (Å²) >= 11 is 6.39. The molecule has 2 aromatic heterocycles. The van der Waals surface area contributed by atoms with E-state index >= 15 is 0 Å². The van der Waals surface area contributed by atoms with Gasteiger partial charge in [0.1, 0.15) is 17.3 Å². The Labute approximate surface area is 204 Å². The van der Waals surface area contributed by atoms with E-state index in [0.717, 1.165) is 77.7 Å². The second kappa shape index (κ2) is 9.41. The van der Waals surface area contributed by atoms with Gasteiger partial charge in [-0.1, -0.05) is 16.8 Å². The van der Waals surface area contributed by atoms with E-state index in [-0.39, 0.29) is 0 Å². The molecule has 7 nitrogen and oxygen atoms in total. The van der Waals surface area contributed by atoms with Crippen molar-refractivity contribution in [3.8, 4) is 28.3 Å². The number of H-pyrrole nitrogens is 1. The summed E-state index contributed by atoms with van der Waals surface area (Å²) in [5.74, 6) is 2.23. The Morgan fingerprint density at radius 1 is 1.15 bits per heavy atom. The quantitative estimate of drug-likeness (QED) is 0.396. The molecule has 5 rings (SSSR count). The third kappa shape index (κ3) is 4.31. The van der Waals surface area contributed by atoms with Crippen LogP contribution in [0.15, 0.2) is 34.9 Å². The maximum atomic E-state index is 6.39. The van der Waals surface area contributed by atoms with Crippen LogP contribution in [0.3, 0.4) is 0 Å². The van der Waals surface area contributed by atoms with Crippen LogP contribution in [0, 0.1) is 13.8 Å². The Morgan fingerprint density at radius 2 is 1.94 bits per heavy atom. The highest BCUT2D eigenvalue weighted by Crippen LogP contribution is 2.35. The van der Waals surface area contributed by atoms with Gasteiger partial charge in [0, 0.05) is 30.3 Å². The first-order valence-electron chi connectivity index (χ1n) is 11.6. The van der Waals surface area contributed by atoms with Gasteiger partial charge < -0.3 is 19.0 Å². The second-order valence-electron chi connectivity index (χ2n) is 8.87. The lowest BCUT2D eigenvalue weighted by atomic mass is 9.97. The Morgan fingerprint density at radius 3 is 2.62 bits per heavy atom. The molecule has 0 aliphatic carbocycles. The molecule has 2 aromatic carbocycles. The number of morpholine rings is 1. The van der Waals surface area contributed by atoms with Crippen molar-refractivity contribution in [2.45, 2.75) is 33.2 Å². The largest absolute Gasteiger partial charge is 0.495 e. The Kier molecular flexibility index (Phi) is 6.34. The molecule has 178 valence electrons. The number of ether oxygens (including phenoxy) is 2. The van der Waals surface area contributed by atoms with E-state index < -0.39 is 0 Å². The lowest BCUT2D eigenvalue weighted by Crippen LogP contribution is -2.43. The molecule has 0 spiro atoms. The molecule has 1 aliphatic heterocycles. The number of imidazole rings is 1. The van der Waals surface area contributed by atoms with Crippen LogP contribution >= 0.6 is 11.6 Å². The van der Waals surface area contributed by atoms with Crippen LogP contribution in [-0.2, 0) is 11.2 Å². The van der Waals surface area contributed by atoms with Gasteiger partial charge in [0.15, 0.2) is 0 Å². The maximum absolute atomic E-state index is 6.39. The highest BCUT2D eigenvalue weighted by atomic mass is 35.5. The number of benzene rings is 2. The number of nitrogens with zero attached hydrogens (tertiary/aromatic N) is 3. The van der Waals surface area contributed by atoms with Gasteiger partial charge in [-0.3, -0.25) is 4.90 Å². The predicted octanol–water partition coefficient (Wildman–Crippen LogP) is 5.43. The van der Waals surface area contributed by atoms with Crippen LogP contribution in [0.5, 0.6) is 5.75 Å². The minimum absolute atomic E-state index is 0.364. The van der Waals surface area contributed by atoms with Crippen molar-refractivity contribution in [3.05, 3.63) is 52.4 Å². The van der Waals surface area contributed by atoms with Crippen LogP contribution in [0.4, 0.5) is 0 Å². The molecule has 1 atom stereocenters. The van der Waals surface area contributed by atoms with Crippen LogP contribution in [0.25, 0.3) is 33.5 Å². The number of aromatic amines is 1. The first-order valence-corrected chi connectivity index (χ1v) is 11.9. The zero-order valence-electron chi connectivity index (χ0n) is 19.9. The molecule has 34 heavy (non-hydrogen) atoms. The third-order valence-corrected chi connectivity index (χ3v) is 6.89. The molecule has 1 saturated heterocycles. The van der Waals surface area contributed by atoms with Crippen molar-refractivity contribution in [3.63, 3.8) is 0 Å². The van der Waals surface area contributed by atoms with Gasteiger partial charge in [0.2, 0.25) is 0 Å². The van der Waals surface area contributed by atoms with Crippen molar-refractivity contribution in [2.24, 2.45) is 0 Å². The molecule has 1 fully saturated rings. The van der Waals surface area contributed by atoms with Gasteiger partial charge in [0.05, 0.1) is 42.1 Å². The molecular formula is C26H29ClN4O3. The summed E-state index contributed by atoms with van der Waals surface area (Å²) in [7, 11) is 1.61. The van der Waals surface area contributed by atoms with Crippen LogP contribution < -0.4 is 4.74 Å². The maximum Gasteiger partial charge on any atom is 0.141 e. The number of hydrogen-bond donors (Lipinski definition) is 1. The van der Waals surface area contributed by atoms with Crippen molar-refractivity contribution in [2.75, 3.05) is 33.4 Å². The summed E-state index contributed by atoms with van der Waals surface area (Å²) in [6.07, 6.45) is 0.876. The molecule has 0 saturated carbocycles. The Bertz CT molecular complexity index is 1300. The van der Waals surface area contributed by atoms with E-state index in [2.05, 4.69) is 34.1 Å². The van der Waals surface area contributed by atoms with E-state index in [1.54, 1.807) is 7.11 Å². The number of aryl methyl sites for hydroxylation is 2. The molecule has 3 heterocycles. The number of methoxy groups -OCH3 is 1. The minimum Gasteiger partial charge on any atom is -0.495 e. The normalized spacial score (nSPS) is 15.7. The van der Waals surface area contributed by atoms with Crippen molar-refractivity contribution in [1.29, 1.82) is 0 Å². The molecule has 0 radical (unpaired) electrons. The fourth-order valence-electron chi connectivity index (χ4n) is 4.80. The van der Waals surface area contributed by atoms with Crippen molar-refractivity contribution >= 4 is 22.6 Å². The molecular weight excluding hydrogens is 452 g/mol. The van der Waals surface area contributed by atoms with Crippen LogP contribution in [0.2, 0.25) is 5.02 Å². The summed E-state index contributed by atoms with van der Waals surface area (Å²) in [6, 6.07) is 10.4. The van der Waals surface area contributed by atoms with Gasteiger partial charge in [0.25, 0.3) is 0 Å². The number of hydrogen-bond acceptors (Lipinski definition) is 6. The molecule has 0 amide bonds. The molecule has 8 heteroatoms. The summed E-state index contributed by atoms with van der Waals surface area (Å²) in [6.45, 7) is 9.66. The third-order valence-electron chi connectivity index (χ3n) is 6.60. The SMILES string of the molecule is COc1ccc(-c2nc3c(C[C@H](C)N4CCOCC4)cc(-c4c(C)noc4C)cc3[nH]2)cc1Cl. The second-order valence-corrected chi connectivity index (χ2v) is 9.27. The van der Waals surface area contributed by atoms with Crippen molar-refractivity contribution < 1.29 is 14.0 Å². The molecule has 1 aliphatic rings. The van der Waals surface area contributed by atoms with E-state index in [0.29, 0.717) is 16.8 Å². The molecule has 0 unspecified atom stereocenters. The number of nitrogens with one attached hydrogen (secondary N) is 1. The fraction of sp³-hybridized carbons (Fsp3) is 0.385. The molecule has 4 aromatic rings. The van der Waals surface area contributed by atoms with Gasteiger partial charge in [-0.2, -0.15) is 0 Å². The average Bonchev–Trinajstić information content (AvgIpc) is 3.42. The van der Waals surface area contributed by atoms with Crippen molar-refractivity contribution in [1.82, 2.24) is 20.0 Å². The van der Waals surface area contributed by atoms with E-state index in [1.807, 2.05) is 32.0 Å². The number of halogens is 1. The van der Waals surface area contributed by atoms with Crippen LogP contribution in [-0.4, -0.2) is 59.5 Å². The highest BCUT2D eigenvalue weighted by Gasteiger charge is 2.22. The number of rotatable bonds is 6. The number of fused-ring (bicyclic) bond motifs is 1. The topological polar surface area (TPSA) is 76.4 Å². The summed E-state index contributed by atoms with van der Waals surface area (Å²) in [5, 5.41) is 4.72.